The number of hydrogen-bond acceptors (Lipinski definition) is 2. The predicted molar refractivity (Wildman–Crippen MR) is 51.7 cm³/mol. The van der Waals surface area contributed by atoms with Crippen LogP contribution < -0.4 is 5.43 Å². The summed E-state index contributed by atoms with van der Waals surface area (Å²) in [6.45, 7) is 0. The summed E-state index contributed by atoms with van der Waals surface area (Å²) in [6, 6.07) is 5.91. The lowest BCUT2D eigenvalue weighted by atomic mass is 10.1. The van der Waals surface area contributed by atoms with Crippen LogP contribution in [0.4, 0.5) is 4.48 Å². The van der Waals surface area contributed by atoms with E-state index in [9.17, 15) is 14.1 Å². The Labute approximate surface area is 83.1 Å². The van der Waals surface area contributed by atoms with Crippen LogP contribution in [-0.2, 0) is 0 Å². The van der Waals surface area contributed by atoms with Crippen LogP contribution in [0.15, 0.2) is 35.3 Å². The third kappa shape index (κ3) is 1.38. The van der Waals surface area contributed by atoms with Crippen molar-refractivity contribution in [2.45, 2.75) is 0 Å². The molecule has 1 aromatic carbocycles. The van der Waals surface area contributed by atoms with E-state index in [1.165, 1.54) is 12.1 Å². The van der Waals surface area contributed by atoms with Crippen LogP contribution in [0.25, 0.3) is 10.9 Å². The molecule has 1 N–H and O–H groups in total. The van der Waals surface area contributed by atoms with Crippen molar-refractivity contribution in [1.82, 2.24) is 4.79 Å². The number of carbonyl (C=O) groups is 1. The predicted octanol–water partition coefficient (Wildman–Crippen LogP) is 1.43. The largest absolute Gasteiger partial charge is 0.477 e. The van der Waals surface area contributed by atoms with Crippen molar-refractivity contribution < 1.29 is 14.4 Å². The lowest BCUT2D eigenvalue weighted by molar-refractivity contribution is 0.0693. The average molecular weight is 207 g/mol. The highest BCUT2D eigenvalue weighted by atomic mass is 19.2. The second-order valence-electron chi connectivity index (χ2n) is 3.01. The minimum atomic E-state index is -1.43. The Morgan fingerprint density at radius 3 is 2.67 bits per heavy atom. The number of carboxylic acids is 1. The van der Waals surface area contributed by atoms with Crippen LogP contribution in [0.1, 0.15) is 10.4 Å². The molecule has 0 bridgehead atoms. The number of fused-ring (bicyclic) bond motifs is 1. The SMILES string of the molecule is O=C(O)c1cn(F)c2ccccc2c1=O. The van der Waals surface area contributed by atoms with Gasteiger partial charge in [0.25, 0.3) is 0 Å². The number of benzene rings is 1. The van der Waals surface area contributed by atoms with Crippen LogP contribution in [0.2, 0.25) is 0 Å². The minimum absolute atomic E-state index is 0.0555. The fourth-order valence-corrected chi connectivity index (χ4v) is 1.39. The Kier molecular flexibility index (Phi) is 2.00. The summed E-state index contributed by atoms with van der Waals surface area (Å²) in [6.07, 6.45) is 0.674. The van der Waals surface area contributed by atoms with Gasteiger partial charge < -0.3 is 5.11 Å². The molecule has 0 fully saturated rings. The third-order valence-electron chi connectivity index (χ3n) is 2.10. The molecular weight excluding hydrogens is 201 g/mol. The van der Waals surface area contributed by atoms with Gasteiger partial charge in [-0.1, -0.05) is 16.6 Å². The Morgan fingerprint density at radius 2 is 2.00 bits per heavy atom. The zero-order valence-corrected chi connectivity index (χ0v) is 7.48. The normalized spacial score (nSPS) is 10.5. The van der Waals surface area contributed by atoms with Crippen molar-refractivity contribution in [3.8, 4) is 0 Å². The maximum atomic E-state index is 13.3. The summed E-state index contributed by atoms with van der Waals surface area (Å²) in [7, 11) is 0. The van der Waals surface area contributed by atoms with E-state index in [-0.39, 0.29) is 15.7 Å². The van der Waals surface area contributed by atoms with Crippen LogP contribution in [0, 0.1) is 0 Å². The summed E-state index contributed by atoms with van der Waals surface area (Å²) in [5, 5.41) is 8.73. The minimum Gasteiger partial charge on any atom is -0.477 e. The van der Waals surface area contributed by atoms with E-state index in [4.69, 9.17) is 5.11 Å². The Balaban J connectivity index is 2.97. The van der Waals surface area contributed by atoms with Gasteiger partial charge in [-0.3, -0.25) is 4.79 Å². The van der Waals surface area contributed by atoms with Crippen molar-refractivity contribution in [2.75, 3.05) is 0 Å². The van der Waals surface area contributed by atoms with Crippen molar-refractivity contribution in [1.29, 1.82) is 0 Å². The standard InChI is InChI=1S/C10H6FNO3/c11-12-5-7(10(14)15)9(13)6-3-1-2-4-8(6)12/h1-5H,(H,14,15). The van der Waals surface area contributed by atoms with Gasteiger partial charge in [0.1, 0.15) is 5.56 Å². The molecule has 76 valence electrons. The fraction of sp³-hybridized carbons (Fsp3) is 0. The Hall–Kier alpha value is -2.17. The quantitative estimate of drug-likeness (QED) is 0.769. The van der Waals surface area contributed by atoms with Crippen LogP contribution in [-0.4, -0.2) is 15.9 Å². The zero-order valence-electron chi connectivity index (χ0n) is 7.48. The Bertz CT molecular complexity index is 603. The number of halogens is 1. The highest BCUT2D eigenvalue weighted by Crippen LogP contribution is 2.11. The van der Waals surface area contributed by atoms with Gasteiger partial charge in [-0.05, 0) is 12.1 Å². The second kappa shape index (κ2) is 3.20. The van der Waals surface area contributed by atoms with Gasteiger partial charge in [0.05, 0.1) is 11.7 Å². The zero-order chi connectivity index (χ0) is 11.0. The molecule has 0 aliphatic rings. The summed E-state index contributed by atoms with van der Waals surface area (Å²) in [4.78, 5) is 22.3. The highest BCUT2D eigenvalue weighted by molar-refractivity contribution is 5.92. The molecule has 0 aliphatic heterocycles. The van der Waals surface area contributed by atoms with E-state index < -0.39 is 17.0 Å². The van der Waals surface area contributed by atoms with Crippen LogP contribution >= 0.6 is 0 Å². The molecule has 1 heterocycles. The number of aromatic nitrogens is 1. The molecule has 5 heteroatoms. The summed E-state index contributed by atoms with van der Waals surface area (Å²) in [5.41, 5.74) is -1.18. The van der Waals surface area contributed by atoms with Gasteiger partial charge in [0.15, 0.2) is 0 Å². The highest BCUT2D eigenvalue weighted by Gasteiger charge is 2.13. The summed E-state index contributed by atoms with van der Waals surface area (Å²) >= 11 is 0. The first kappa shape index (κ1) is 9.39. The van der Waals surface area contributed by atoms with Gasteiger partial charge in [-0.2, -0.15) is 4.79 Å². The Morgan fingerprint density at radius 1 is 1.33 bits per heavy atom. The van der Waals surface area contributed by atoms with Crippen molar-refractivity contribution in [2.24, 2.45) is 0 Å². The number of aromatic carboxylic acids is 1. The number of para-hydroxylation sites is 1. The smallest absolute Gasteiger partial charge is 0.341 e. The van der Waals surface area contributed by atoms with E-state index in [1.807, 2.05) is 0 Å². The molecular formula is C10H6FNO3. The molecule has 0 spiro atoms. The fourth-order valence-electron chi connectivity index (χ4n) is 1.39. The van der Waals surface area contributed by atoms with Crippen molar-refractivity contribution >= 4 is 16.9 Å². The number of carboxylic acid groups (broad SMARTS) is 1. The van der Waals surface area contributed by atoms with Gasteiger partial charge in [0.2, 0.25) is 5.43 Å². The third-order valence-corrected chi connectivity index (χ3v) is 2.10. The van der Waals surface area contributed by atoms with Crippen LogP contribution in [0.3, 0.4) is 0 Å². The first-order valence-corrected chi connectivity index (χ1v) is 4.15. The molecule has 4 nitrogen and oxygen atoms in total. The van der Waals surface area contributed by atoms with Crippen molar-refractivity contribution in [3.05, 3.63) is 46.2 Å². The maximum Gasteiger partial charge on any atom is 0.341 e. The van der Waals surface area contributed by atoms with Gasteiger partial charge >= 0.3 is 5.97 Å². The maximum absolute atomic E-state index is 13.3. The number of rotatable bonds is 1. The molecule has 0 aliphatic carbocycles. The number of nitrogens with zero attached hydrogens (tertiary/aromatic N) is 1. The van der Waals surface area contributed by atoms with E-state index in [0.717, 1.165) is 0 Å². The van der Waals surface area contributed by atoms with E-state index in [1.54, 1.807) is 12.1 Å². The molecule has 15 heavy (non-hydrogen) atoms. The molecule has 0 atom stereocenters. The van der Waals surface area contributed by atoms with Gasteiger partial charge in [-0.15, -0.1) is 0 Å². The first-order chi connectivity index (χ1) is 7.11. The summed E-state index contributed by atoms with van der Waals surface area (Å²) in [5.74, 6) is -1.43. The molecule has 1 aromatic heterocycles. The molecule has 0 amide bonds. The van der Waals surface area contributed by atoms with E-state index in [2.05, 4.69) is 0 Å². The molecule has 2 rings (SSSR count). The molecule has 0 saturated carbocycles. The summed E-state index contributed by atoms with van der Waals surface area (Å²) < 4.78 is 13.3. The van der Waals surface area contributed by atoms with Gasteiger partial charge in [0, 0.05) is 5.39 Å². The molecule has 0 radical (unpaired) electrons. The van der Waals surface area contributed by atoms with E-state index in [0.29, 0.717) is 6.20 Å². The monoisotopic (exact) mass is 207 g/mol. The lowest BCUT2D eigenvalue weighted by Crippen LogP contribution is -2.16. The topological polar surface area (TPSA) is 59.3 Å². The average Bonchev–Trinajstić information content (AvgIpc) is 2.23. The molecule has 0 saturated heterocycles. The number of hydrogen-bond donors (Lipinski definition) is 1. The molecule has 2 aromatic rings. The van der Waals surface area contributed by atoms with Crippen LogP contribution in [0.5, 0.6) is 0 Å². The second-order valence-corrected chi connectivity index (χ2v) is 3.01. The van der Waals surface area contributed by atoms with Gasteiger partial charge in [-0.25, -0.2) is 4.79 Å². The van der Waals surface area contributed by atoms with E-state index >= 15 is 0 Å². The van der Waals surface area contributed by atoms with Crippen molar-refractivity contribution in [3.63, 3.8) is 0 Å². The molecule has 0 unspecified atom stereocenters. The first-order valence-electron chi connectivity index (χ1n) is 4.15. The number of pyridine rings is 1. The lowest BCUT2D eigenvalue weighted by Gasteiger charge is -2.02.